The highest BCUT2D eigenvalue weighted by Gasteiger charge is 2.29. The van der Waals surface area contributed by atoms with Gasteiger partial charge in [0.2, 0.25) is 5.91 Å². The summed E-state index contributed by atoms with van der Waals surface area (Å²) in [4.78, 5) is 14.5. The van der Waals surface area contributed by atoms with Gasteiger partial charge < -0.3 is 9.08 Å². The van der Waals surface area contributed by atoms with Gasteiger partial charge in [-0.1, -0.05) is 32.4 Å². The molecule has 0 radical (unpaired) electrons. The first kappa shape index (κ1) is 19.8. The summed E-state index contributed by atoms with van der Waals surface area (Å²) in [6.07, 6.45) is 3.13. The van der Waals surface area contributed by atoms with Gasteiger partial charge in [-0.25, -0.2) is 0 Å². The Morgan fingerprint density at radius 3 is 2.20 bits per heavy atom. The van der Waals surface area contributed by atoms with E-state index in [1.54, 1.807) is 26.0 Å². The second-order valence-electron chi connectivity index (χ2n) is 7.51. The lowest BCUT2D eigenvalue weighted by Gasteiger charge is -2.32. The summed E-state index contributed by atoms with van der Waals surface area (Å²) in [5.74, 6) is 1.13. The van der Waals surface area contributed by atoms with E-state index < -0.39 is 15.4 Å². The van der Waals surface area contributed by atoms with Crippen molar-refractivity contribution in [3.8, 4) is 5.75 Å². The van der Waals surface area contributed by atoms with Gasteiger partial charge in [0, 0.05) is 19.0 Å². The predicted molar refractivity (Wildman–Crippen MR) is 98.7 cm³/mol. The van der Waals surface area contributed by atoms with Crippen LogP contribution >= 0.6 is 0 Å². The SMILES string of the molecule is CC(C)CN(Cc1ccc(OS(=O)(=O)C(C)C)cc1)C(=O)C1CCC1. The van der Waals surface area contributed by atoms with Crippen molar-refractivity contribution in [2.45, 2.75) is 58.8 Å². The number of amides is 1. The van der Waals surface area contributed by atoms with Crippen LogP contribution in [0.25, 0.3) is 0 Å². The van der Waals surface area contributed by atoms with Crippen LogP contribution in [0.4, 0.5) is 0 Å². The second-order valence-corrected chi connectivity index (χ2v) is 9.60. The van der Waals surface area contributed by atoms with Gasteiger partial charge in [-0.05, 0) is 50.3 Å². The average Bonchev–Trinajstić information content (AvgIpc) is 2.45. The first-order valence-corrected chi connectivity index (χ1v) is 10.5. The number of carbonyl (C=O) groups is 1. The molecule has 0 bridgehead atoms. The van der Waals surface area contributed by atoms with Gasteiger partial charge >= 0.3 is 10.1 Å². The van der Waals surface area contributed by atoms with Crippen molar-refractivity contribution in [1.82, 2.24) is 4.90 Å². The molecule has 1 aliphatic rings. The Labute approximate surface area is 151 Å². The Morgan fingerprint density at radius 1 is 1.16 bits per heavy atom. The maximum absolute atomic E-state index is 12.6. The molecule has 6 heteroatoms. The standard InChI is InChI=1S/C19H29NO4S/c1-14(2)12-20(19(21)17-6-5-7-17)13-16-8-10-18(11-9-16)24-25(22,23)15(3)4/h8-11,14-15,17H,5-7,12-13H2,1-4H3. The number of carbonyl (C=O) groups excluding carboxylic acids is 1. The molecule has 1 aromatic rings. The van der Waals surface area contributed by atoms with Crippen LogP contribution < -0.4 is 4.18 Å². The molecule has 25 heavy (non-hydrogen) atoms. The van der Waals surface area contributed by atoms with E-state index in [2.05, 4.69) is 13.8 Å². The number of hydrogen-bond acceptors (Lipinski definition) is 4. The molecule has 2 rings (SSSR count). The third-order valence-corrected chi connectivity index (χ3v) is 6.02. The molecule has 0 aliphatic heterocycles. The van der Waals surface area contributed by atoms with Crippen LogP contribution in [-0.4, -0.2) is 31.0 Å². The van der Waals surface area contributed by atoms with Gasteiger partial charge in [-0.2, -0.15) is 8.42 Å². The van der Waals surface area contributed by atoms with Crippen molar-refractivity contribution in [1.29, 1.82) is 0 Å². The maximum Gasteiger partial charge on any atom is 0.311 e. The van der Waals surface area contributed by atoms with E-state index in [0.717, 1.165) is 31.4 Å². The molecule has 0 aromatic heterocycles. The zero-order valence-electron chi connectivity index (χ0n) is 15.6. The molecule has 1 aromatic carbocycles. The van der Waals surface area contributed by atoms with Crippen molar-refractivity contribution >= 4 is 16.0 Å². The number of hydrogen-bond donors (Lipinski definition) is 0. The molecular weight excluding hydrogens is 338 g/mol. The van der Waals surface area contributed by atoms with Crippen LogP contribution in [0.15, 0.2) is 24.3 Å². The third kappa shape index (κ3) is 5.46. The van der Waals surface area contributed by atoms with E-state index >= 15 is 0 Å². The minimum Gasteiger partial charge on any atom is -0.382 e. The first-order valence-electron chi connectivity index (χ1n) is 9.00. The Bertz CT molecular complexity index is 676. The summed E-state index contributed by atoms with van der Waals surface area (Å²) in [7, 11) is -3.59. The molecular formula is C19H29NO4S. The van der Waals surface area contributed by atoms with Crippen LogP contribution in [0.3, 0.4) is 0 Å². The summed E-state index contributed by atoms with van der Waals surface area (Å²) in [6, 6.07) is 6.95. The third-order valence-electron chi connectivity index (χ3n) is 4.44. The highest BCUT2D eigenvalue weighted by Crippen LogP contribution is 2.29. The molecule has 1 fully saturated rings. The molecule has 5 nitrogen and oxygen atoms in total. The molecule has 0 saturated heterocycles. The quantitative estimate of drug-likeness (QED) is 0.659. The van der Waals surface area contributed by atoms with E-state index in [1.807, 2.05) is 17.0 Å². The smallest absolute Gasteiger partial charge is 0.311 e. The van der Waals surface area contributed by atoms with E-state index in [1.165, 1.54) is 0 Å². The summed E-state index contributed by atoms with van der Waals surface area (Å²) < 4.78 is 28.7. The zero-order chi connectivity index (χ0) is 18.6. The molecule has 0 spiro atoms. The maximum atomic E-state index is 12.6. The van der Waals surface area contributed by atoms with Gasteiger partial charge in [0.25, 0.3) is 0 Å². The Morgan fingerprint density at radius 2 is 1.76 bits per heavy atom. The summed E-state index contributed by atoms with van der Waals surface area (Å²) >= 11 is 0. The molecule has 0 heterocycles. The molecule has 1 aliphatic carbocycles. The lowest BCUT2D eigenvalue weighted by Crippen LogP contribution is -2.40. The number of benzene rings is 1. The van der Waals surface area contributed by atoms with Crippen LogP contribution in [0.1, 0.15) is 52.5 Å². The molecule has 1 saturated carbocycles. The fraction of sp³-hybridized carbons (Fsp3) is 0.632. The highest BCUT2D eigenvalue weighted by molar-refractivity contribution is 7.87. The molecule has 0 atom stereocenters. The number of rotatable bonds is 8. The Balaban J connectivity index is 2.05. The van der Waals surface area contributed by atoms with E-state index in [0.29, 0.717) is 18.2 Å². The number of nitrogens with zero attached hydrogens (tertiary/aromatic N) is 1. The zero-order valence-corrected chi connectivity index (χ0v) is 16.4. The van der Waals surface area contributed by atoms with Gasteiger partial charge in [0.15, 0.2) is 0 Å². The van der Waals surface area contributed by atoms with Gasteiger partial charge in [-0.3, -0.25) is 4.79 Å². The summed E-state index contributed by atoms with van der Waals surface area (Å²) in [6.45, 7) is 8.66. The topological polar surface area (TPSA) is 63.7 Å². The van der Waals surface area contributed by atoms with Crippen LogP contribution in [0, 0.1) is 11.8 Å². The van der Waals surface area contributed by atoms with Crippen molar-refractivity contribution in [2.75, 3.05) is 6.54 Å². The van der Waals surface area contributed by atoms with E-state index in [4.69, 9.17) is 4.18 Å². The van der Waals surface area contributed by atoms with Gasteiger partial charge in [-0.15, -0.1) is 0 Å². The molecule has 140 valence electrons. The van der Waals surface area contributed by atoms with Gasteiger partial charge in [0.1, 0.15) is 5.75 Å². The Kier molecular flexibility index (Phi) is 6.49. The lowest BCUT2D eigenvalue weighted by atomic mass is 9.84. The molecule has 0 unspecified atom stereocenters. The minimum atomic E-state index is -3.59. The predicted octanol–water partition coefficient (Wildman–Crippen LogP) is 3.59. The monoisotopic (exact) mass is 367 g/mol. The molecule has 1 amide bonds. The highest BCUT2D eigenvalue weighted by atomic mass is 32.2. The average molecular weight is 368 g/mol. The normalized spacial score (nSPS) is 15.3. The molecule has 0 N–H and O–H groups in total. The van der Waals surface area contributed by atoms with E-state index in [9.17, 15) is 13.2 Å². The van der Waals surface area contributed by atoms with Crippen LogP contribution in [0.5, 0.6) is 5.75 Å². The van der Waals surface area contributed by atoms with Crippen molar-refractivity contribution in [3.63, 3.8) is 0 Å². The van der Waals surface area contributed by atoms with E-state index in [-0.39, 0.29) is 11.8 Å². The van der Waals surface area contributed by atoms with Gasteiger partial charge in [0.05, 0.1) is 5.25 Å². The van der Waals surface area contributed by atoms with Crippen molar-refractivity contribution in [3.05, 3.63) is 29.8 Å². The van der Waals surface area contributed by atoms with Crippen LogP contribution in [0.2, 0.25) is 0 Å². The first-order chi connectivity index (χ1) is 11.7. The second kappa shape index (κ2) is 8.21. The largest absolute Gasteiger partial charge is 0.382 e. The summed E-state index contributed by atoms with van der Waals surface area (Å²) in [5.41, 5.74) is 0.975. The van der Waals surface area contributed by atoms with Crippen molar-refractivity contribution in [2.24, 2.45) is 11.8 Å². The Hall–Kier alpha value is -1.56. The van der Waals surface area contributed by atoms with Crippen molar-refractivity contribution < 1.29 is 17.4 Å². The van der Waals surface area contributed by atoms with Crippen LogP contribution in [-0.2, 0) is 21.5 Å². The summed E-state index contributed by atoms with van der Waals surface area (Å²) in [5, 5.41) is -0.589. The lowest BCUT2D eigenvalue weighted by molar-refractivity contribution is -0.139. The minimum absolute atomic E-state index is 0.178. The fourth-order valence-electron chi connectivity index (χ4n) is 2.69. The fourth-order valence-corrected chi connectivity index (χ4v) is 3.26.